The summed E-state index contributed by atoms with van der Waals surface area (Å²) in [6.45, 7) is 2.30. The molecule has 1 aromatic rings. The minimum atomic E-state index is -0.321. The van der Waals surface area contributed by atoms with E-state index in [2.05, 4.69) is 5.32 Å². The number of phenols is 1. The predicted molar refractivity (Wildman–Crippen MR) is 65.7 cm³/mol. The summed E-state index contributed by atoms with van der Waals surface area (Å²) in [6, 6.07) is 6.67. The number of carbonyl (C=O) groups is 1. The molecule has 17 heavy (non-hydrogen) atoms. The highest BCUT2D eigenvalue weighted by atomic mass is 16.3. The van der Waals surface area contributed by atoms with Gasteiger partial charge in [0.25, 0.3) is 0 Å². The molecule has 4 heteroatoms. The van der Waals surface area contributed by atoms with Gasteiger partial charge in [-0.1, -0.05) is 12.1 Å². The minimum Gasteiger partial charge on any atom is -0.508 e. The Morgan fingerprint density at radius 1 is 1.47 bits per heavy atom. The van der Waals surface area contributed by atoms with E-state index in [9.17, 15) is 9.90 Å². The van der Waals surface area contributed by atoms with Crippen LogP contribution >= 0.6 is 0 Å². The molecule has 0 saturated carbocycles. The Morgan fingerprint density at radius 2 is 2.24 bits per heavy atom. The molecular weight excluding hydrogens is 218 g/mol. The third kappa shape index (κ3) is 5.92. The number of benzene rings is 1. The zero-order chi connectivity index (χ0) is 12.7. The van der Waals surface area contributed by atoms with Gasteiger partial charge in [0, 0.05) is 6.54 Å². The van der Waals surface area contributed by atoms with Crippen LogP contribution in [0.2, 0.25) is 0 Å². The molecule has 1 unspecified atom stereocenters. The molecule has 0 aliphatic heterocycles. The lowest BCUT2D eigenvalue weighted by atomic mass is 10.1. The van der Waals surface area contributed by atoms with Crippen LogP contribution in [0.5, 0.6) is 5.75 Å². The van der Waals surface area contributed by atoms with Crippen LogP contribution in [0.25, 0.3) is 0 Å². The van der Waals surface area contributed by atoms with E-state index in [4.69, 9.17) is 5.11 Å². The summed E-state index contributed by atoms with van der Waals surface area (Å²) in [5.41, 5.74) is 0.790. The number of aliphatic hydroxyl groups is 1. The molecule has 0 radical (unpaired) electrons. The molecule has 1 amide bonds. The number of aliphatic hydroxyl groups excluding tert-OH is 1. The number of aromatic hydroxyl groups is 1. The van der Waals surface area contributed by atoms with Crippen LogP contribution in [0.15, 0.2) is 24.3 Å². The second-order valence-electron chi connectivity index (χ2n) is 4.19. The van der Waals surface area contributed by atoms with Gasteiger partial charge >= 0.3 is 0 Å². The first-order chi connectivity index (χ1) is 8.08. The lowest BCUT2D eigenvalue weighted by molar-refractivity contribution is -0.120. The number of phenolic OH excluding ortho intramolecular Hbond substituents is 1. The molecule has 0 heterocycles. The van der Waals surface area contributed by atoms with Gasteiger partial charge < -0.3 is 15.5 Å². The second kappa shape index (κ2) is 6.91. The van der Waals surface area contributed by atoms with E-state index in [1.54, 1.807) is 31.2 Å². The van der Waals surface area contributed by atoms with E-state index >= 15 is 0 Å². The van der Waals surface area contributed by atoms with Crippen molar-refractivity contribution in [3.8, 4) is 5.75 Å². The predicted octanol–water partition coefficient (Wildman–Crippen LogP) is 1.21. The number of hydrogen-bond acceptors (Lipinski definition) is 3. The van der Waals surface area contributed by atoms with Crippen molar-refractivity contribution < 1.29 is 15.0 Å². The Kier molecular flexibility index (Phi) is 5.49. The van der Waals surface area contributed by atoms with Crippen molar-refractivity contribution in [1.82, 2.24) is 5.32 Å². The Labute approximate surface area is 101 Å². The molecule has 4 nitrogen and oxygen atoms in total. The van der Waals surface area contributed by atoms with E-state index in [1.807, 2.05) is 0 Å². The lowest BCUT2D eigenvalue weighted by Crippen LogP contribution is -2.26. The maximum atomic E-state index is 11.5. The molecule has 1 rings (SSSR count). The standard InChI is InChI=1S/C13H19NO3/c1-10(15)4-3-7-14-13(17)9-11-5-2-6-12(16)8-11/h2,5-6,8,10,15-16H,3-4,7,9H2,1H3,(H,14,17). The van der Waals surface area contributed by atoms with Gasteiger partial charge in [-0.25, -0.2) is 0 Å². The maximum Gasteiger partial charge on any atom is 0.224 e. The van der Waals surface area contributed by atoms with Crippen molar-refractivity contribution in [3.05, 3.63) is 29.8 Å². The van der Waals surface area contributed by atoms with Crippen LogP contribution in [0.1, 0.15) is 25.3 Å². The van der Waals surface area contributed by atoms with Crippen molar-refractivity contribution in [2.45, 2.75) is 32.3 Å². The number of rotatable bonds is 6. The number of nitrogens with one attached hydrogen (secondary N) is 1. The van der Waals surface area contributed by atoms with Crippen molar-refractivity contribution in [3.63, 3.8) is 0 Å². The molecule has 0 spiro atoms. The summed E-state index contributed by atoms with van der Waals surface area (Å²) in [5, 5.41) is 21.1. The van der Waals surface area contributed by atoms with Gasteiger partial charge in [0.15, 0.2) is 0 Å². The maximum absolute atomic E-state index is 11.5. The fraction of sp³-hybridized carbons (Fsp3) is 0.462. The summed E-state index contributed by atoms with van der Waals surface area (Å²) < 4.78 is 0. The van der Waals surface area contributed by atoms with Gasteiger partial charge in [-0.15, -0.1) is 0 Å². The van der Waals surface area contributed by atoms with E-state index < -0.39 is 0 Å². The first kappa shape index (κ1) is 13.5. The van der Waals surface area contributed by atoms with E-state index in [0.717, 1.165) is 12.0 Å². The second-order valence-corrected chi connectivity index (χ2v) is 4.19. The summed E-state index contributed by atoms with van der Waals surface area (Å²) in [5.74, 6) is 0.102. The molecule has 0 fully saturated rings. The van der Waals surface area contributed by atoms with Crippen LogP contribution in [0.4, 0.5) is 0 Å². The van der Waals surface area contributed by atoms with Crippen LogP contribution in [0.3, 0.4) is 0 Å². The highest BCUT2D eigenvalue weighted by Crippen LogP contribution is 2.11. The average molecular weight is 237 g/mol. The highest BCUT2D eigenvalue weighted by Gasteiger charge is 2.03. The van der Waals surface area contributed by atoms with Gasteiger partial charge in [0.05, 0.1) is 12.5 Å². The number of hydrogen-bond donors (Lipinski definition) is 3. The first-order valence-corrected chi connectivity index (χ1v) is 5.80. The normalized spacial score (nSPS) is 12.1. The summed E-state index contributed by atoms with van der Waals surface area (Å²) in [6.07, 6.45) is 1.40. The van der Waals surface area contributed by atoms with E-state index in [0.29, 0.717) is 13.0 Å². The molecule has 1 atom stereocenters. The Morgan fingerprint density at radius 3 is 2.88 bits per heavy atom. The molecule has 1 aromatic carbocycles. The van der Waals surface area contributed by atoms with E-state index in [1.165, 1.54) is 0 Å². The first-order valence-electron chi connectivity index (χ1n) is 5.80. The van der Waals surface area contributed by atoms with Gasteiger partial charge in [-0.2, -0.15) is 0 Å². The Bertz CT molecular complexity index is 363. The topological polar surface area (TPSA) is 69.6 Å². The zero-order valence-electron chi connectivity index (χ0n) is 10.0. The van der Waals surface area contributed by atoms with Crippen LogP contribution in [-0.4, -0.2) is 28.8 Å². The Hall–Kier alpha value is -1.55. The Balaban J connectivity index is 2.25. The molecule has 0 saturated heterocycles. The SMILES string of the molecule is CC(O)CCCNC(=O)Cc1cccc(O)c1. The van der Waals surface area contributed by atoms with Gasteiger partial charge in [-0.3, -0.25) is 4.79 Å². The number of carbonyl (C=O) groups excluding carboxylic acids is 1. The largest absolute Gasteiger partial charge is 0.508 e. The average Bonchev–Trinajstić information content (AvgIpc) is 2.24. The molecule has 94 valence electrons. The van der Waals surface area contributed by atoms with Crippen LogP contribution in [-0.2, 0) is 11.2 Å². The van der Waals surface area contributed by atoms with Gasteiger partial charge in [0.2, 0.25) is 5.91 Å². The molecule has 0 aliphatic rings. The van der Waals surface area contributed by atoms with Crippen molar-refractivity contribution >= 4 is 5.91 Å². The molecule has 3 N–H and O–H groups in total. The molecule has 0 bridgehead atoms. The third-order valence-corrected chi connectivity index (χ3v) is 2.40. The number of amides is 1. The monoisotopic (exact) mass is 237 g/mol. The quantitative estimate of drug-likeness (QED) is 0.651. The minimum absolute atomic E-state index is 0.0683. The third-order valence-electron chi connectivity index (χ3n) is 2.40. The van der Waals surface area contributed by atoms with Crippen LogP contribution < -0.4 is 5.32 Å². The van der Waals surface area contributed by atoms with Gasteiger partial charge in [-0.05, 0) is 37.5 Å². The fourth-order valence-electron chi connectivity index (χ4n) is 1.54. The van der Waals surface area contributed by atoms with Crippen molar-refractivity contribution in [2.75, 3.05) is 6.54 Å². The summed E-state index contributed by atoms with van der Waals surface area (Å²) in [4.78, 5) is 11.5. The zero-order valence-corrected chi connectivity index (χ0v) is 10.0. The highest BCUT2D eigenvalue weighted by molar-refractivity contribution is 5.78. The lowest BCUT2D eigenvalue weighted by Gasteiger charge is -2.06. The summed E-state index contributed by atoms with van der Waals surface area (Å²) >= 11 is 0. The molecule has 0 aliphatic carbocycles. The van der Waals surface area contributed by atoms with Crippen molar-refractivity contribution in [1.29, 1.82) is 0 Å². The van der Waals surface area contributed by atoms with Crippen LogP contribution in [0, 0.1) is 0 Å². The van der Waals surface area contributed by atoms with Crippen molar-refractivity contribution in [2.24, 2.45) is 0 Å². The summed E-state index contributed by atoms with van der Waals surface area (Å²) in [7, 11) is 0. The van der Waals surface area contributed by atoms with Gasteiger partial charge in [0.1, 0.15) is 5.75 Å². The molecular formula is C13H19NO3. The molecule has 0 aromatic heterocycles. The smallest absolute Gasteiger partial charge is 0.224 e. The fourth-order valence-corrected chi connectivity index (χ4v) is 1.54. The van der Waals surface area contributed by atoms with E-state index in [-0.39, 0.29) is 24.2 Å².